The SMILES string of the molecule is CCn1c(SCC(=O)Nc2ccc(C(C)C)cc2)nnc1C(C)Oc1ccc(C(C)C)cc1. The van der Waals surface area contributed by atoms with Crippen LogP contribution < -0.4 is 10.1 Å². The van der Waals surface area contributed by atoms with Gasteiger partial charge in [-0.1, -0.05) is 63.7 Å². The molecule has 0 saturated carbocycles. The molecule has 0 radical (unpaired) electrons. The van der Waals surface area contributed by atoms with Crippen molar-refractivity contribution in [2.75, 3.05) is 11.1 Å². The topological polar surface area (TPSA) is 69.0 Å². The molecule has 1 N–H and O–H groups in total. The summed E-state index contributed by atoms with van der Waals surface area (Å²) in [4.78, 5) is 12.4. The number of nitrogens with zero attached hydrogens (tertiary/aromatic N) is 3. The molecule has 0 saturated heterocycles. The molecule has 0 spiro atoms. The van der Waals surface area contributed by atoms with Crippen LogP contribution in [0.25, 0.3) is 0 Å². The van der Waals surface area contributed by atoms with Crippen molar-refractivity contribution in [1.29, 1.82) is 0 Å². The quantitative estimate of drug-likeness (QED) is 0.349. The molecule has 3 aromatic rings. The molecular weight excluding hydrogens is 432 g/mol. The fourth-order valence-electron chi connectivity index (χ4n) is 3.47. The molecule has 3 rings (SSSR count). The lowest BCUT2D eigenvalue weighted by Crippen LogP contribution is -2.15. The van der Waals surface area contributed by atoms with E-state index in [4.69, 9.17) is 4.74 Å². The van der Waals surface area contributed by atoms with Gasteiger partial charge in [-0.2, -0.15) is 0 Å². The van der Waals surface area contributed by atoms with Gasteiger partial charge in [0.25, 0.3) is 0 Å². The number of carbonyl (C=O) groups excluding carboxylic acids is 1. The fourth-order valence-corrected chi connectivity index (χ4v) is 4.28. The number of aromatic nitrogens is 3. The number of anilines is 1. The molecule has 0 aliphatic heterocycles. The predicted molar refractivity (Wildman–Crippen MR) is 135 cm³/mol. The van der Waals surface area contributed by atoms with E-state index >= 15 is 0 Å². The first kappa shape index (κ1) is 24.8. The van der Waals surface area contributed by atoms with E-state index < -0.39 is 0 Å². The maximum absolute atomic E-state index is 12.4. The summed E-state index contributed by atoms with van der Waals surface area (Å²) in [6.45, 7) is 13.3. The van der Waals surface area contributed by atoms with Crippen molar-refractivity contribution < 1.29 is 9.53 Å². The van der Waals surface area contributed by atoms with E-state index in [9.17, 15) is 4.79 Å². The Morgan fingerprint density at radius 1 is 0.939 bits per heavy atom. The molecular formula is C26H34N4O2S. The van der Waals surface area contributed by atoms with Gasteiger partial charge in [-0.3, -0.25) is 4.79 Å². The Balaban J connectivity index is 1.59. The summed E-state index contributed by atoms with van der Waals surface area (Å²) in [7, 11) is 0. The average Bonchev–Trinajstić information content (AvgIpc) is 3.21. The number of carbonyl (C=O) groups is 1. The highest BCUT2D eigenvalue weighted by atomic mass is 32.2. The molecule has 6 nitrogen and oxygen atoms in total. The van der Waals surface area contributed by atoms with Crippen molar-refractivity contribution in [2.24, 2.45) is 0 Å². The number of amides is 1. The van der Waals surface area contributed by atoms with Gasteiger partial charge in [0.15, 0.2) is 17.1 Å². The van der Waals surface area contributed by atoms with E-state index in [0.717, 1.165) is 17.3 Å². The summed E-state index contributed by atoms with van der Waals surface area (Å²) < 4.78 is 8.11. The molecule has 1 aromatic heterocycles. The highest BCUT2D eigenvalue weighted by molar-refractivity contribution is 7.99. The van der Waals surface area contributed by atoms with Crippen LogP contribution in [0.4, 0.5) is 5.69 Å². The van der Waals surface area contributed by atoms with E-state index in [-0.39, 0.29) is 17.8 Å². The zero-order valence-corrected chi connectivity index (χ0v) is 21.1. The highest BCUT2D eigenvalue weighted by Gasteiger charge is 2.19. The number of ether oxygens (including phenoxy) is 1. The maximum Gasteiger partial charge on any atom is 0.234 e. The van der Waals surface area contributed by atoms with Gasteiger partial charge in [-0.25, -0.2) is 0 Å². The third kappa shape index (κ3) is 6.60. The minimum Gasteiger partial charge on any atom is -0.483 e. The minimum atomic E-state index is -0.259. The van der Waals surface area contributed by atoms with Crippen LogP contribution in [0.2, 0.25) is 0 Å². The smallest absolute Gasteiger partial charge is 0.234 e. The fraction of sp³-hybridized carbons (Fsp3) is 0.423. The van der Waals surface area contributed by atoms with Crippen molar-refractivity contribution >= 4 is 23.4 Å². The Morgan fingerprint density at radius 3 is 2.06 bits per heavy atom. The molecule has 0 bridgehead atoms. The Labute approximate surface area is 201 Å². The Morgan fingerprint density at radius 2 is 1.52 bits per heavy atom. The van der Waals surface area contributed by atoms with Gasteiger partial charge in [0.2, 0.25) is 5.91 Å². The van der Waals surface area contributed by atoms with Crippen LogP contribution in [0.3, 0.4) is 0 Å². The van der Waals surface area contributed by atoms with Gasteiger partial charge in [-0.05, 0) is 61.1 Å². The van der Waals surface area contributed by atoms with Crippen LogP contribution in [-0.2, 0) is 11.3 Å². The molecule has 7 heteroatoms. The average molecular weight is 467 g/mol. The zero-order chi connectivity index (χ0) is 24.0. The normalized spacial score (nSPS) is 12.2. The van der Waals surface area contributed by atoms with E-state index in [2.05, 4.69) is 55.3 Å². The standard InChI is InChI=1S/C26H34N4O2S/c1-7-30-25(19(6)32-23-14-10-21(11-15-23)18(4)5)28-29-26(30)33-16-24(31)27-22-12-8-20(9-13-22)17(2)3/h8-15,17-19H,7,16H2,1-6H3,(H,27,31). The molecule has 0 aliphatic rings. The lowest BCUT2D eigenvalue weighted by atomic mass is 10.0. The molecule has 1 unspecified atom stereocenters. The summed E-state index contributed by atoms with van der Waals surface area (Å²) in [5.74, 6) is 2.68. The van der Waals surface area contributed by atoms with Gasteiger partial charge >= 0.3 is 0 Å². The van der Waals surface area contributed by atoms with Crippen molar-refractivity contribution in [1.82, 2.24) is 14.8 Å². The van der Waals surface area contributed by atoms with E-state index in [1.807, 2.05) is 54.8 Å². The van der Waals surface area contributed by atoms with Crippen LogP contribution in [-0.4, -0.2) is 26.4 Å². The molecule has 1 amide bonds. The molecule has 176 valence electrons. The maximum atomic E-state index is 12.4. The first-order valence-corrected chi connectivity index (χ1v) is 12.5. The predicted octanol–water partition coefficient (Wildman–Crippen LogP) is 6.42. The van der Waals surface area contributed by atoms with Gasteiger partial charge in [-0.15, -0.1) is 10.2 Å². The highest BCUT2D eigenvalue weighted by Crippen LogP contribution is 2.26. The van der Waals surface area contributed by atoms with Crippen molar-refractivity contribution in [2.45, 2.75) is 71.2 Å². The van der Waals surface area contributed by atoms with E-state index in [0.29, 0.717) is 23.5 Å². The molecule has 0 aliphatic carbocycles. The summed E-state index contributed by atoms with van der Waals surface area (Å²) >= 11 is 1.38. The first-order chi connectivity index (χ1) is 15.8. The molecule has 2 aromatic carbocycles. The summed E-state index contributed by atoms with van der Waals surface area (Å²) in [6.07, 6.45) is -0.259. The molecule has 33 heavy (non-hydrogen) atoms. The molecule has 1 atom stereocenters. The van der Waals surface area contributed by atoms with Crippen molar-refractivity contribution in [3.8, 4) is 5.75 Å². The summed E-state index contributed by atoms with van der Waals surface area (Å²) in [6, 6.07) is 16.1. The van der Waals surface area contributed by atoms with Crippen LogP contribution >= 0.6 is 11.8 Å². The van der Waals surface area contributed by atoms with Gasteiger partial charge < -0.3 is 14.6 Å². The monoisotopic (exact) mass is 466 g/mol. The van der Waals surface area contributed by atoms with Crippen LogP contribution in [0.1, 0.15) is 76.4 Å². The largest absolute Gasteiger partial charge is 0.483 e. The van der Waals surface area contributed by atoms with Gasteiger partial charge in [0.1, 0.15) is 5.75 Å². The van der Waals surface area contributed by atoms with Crippen LogP contribution in [0.15, 0.2) is 53.7 Å². The number of rotatable bonds is 10. The number of hydrogen-bond donors (Lipinski definition) is 1. The number of benzene rings is 2. The lowest BCUT2D eigenvalue weighted by Gasteiger charge is -2.16. The number of thioether (sulfide) groups is 1. The third-order valence-corrected chi connectivity index (χ3v) is 6.45. The van der Waals surface area contributed by atoms with Crippen LogP contribution in [0.5, 0.6) is 5.75 Å². The van der Waals surface area contributed by atoms with Gasteiger partial charge in [0.05, 0.1) is 5.75 Å². The molecule has 1 heterocycles. The minimum absolute atomic E-state index is 0.0703. The second-order valence-electron chi connectivity index (χ2n) is 8.68. The van der Waals surface area contributed by atoms with Crippen molar-refractivity contribution in [3.63, 3.8) is 0 Å². The Hall–Kier alpha value is -2.80. The van der Waals surface area contributed by atoms with E-state index in [1.54, 1.807) is 0 Å². The molecule has 0 fully saturated rings. The second kappa shape index (κ2) is 11.4. The first-order valence-electron chi connectivity index (χ1n) is 11.5. The zero-order valence-electron chi connectivity index (χ0n) is 20.3. The van der Waals surface area contributed by atoms with Crippen molar-refractivity contribution in [3.05, 3.63) is 65.5 Å². The third-order valence-electron chi connectivity index (χ3n) is 5.48. The second-order valence-corrected chi connectivity index (χ2v) is 9.62. The Kier molecular flexibility index (Phi) is 8.55. The number of hydrogen-bond acceptors (Lipinski definition) is 5. The van der Waals surface area contributed by atoms with Crippen LogP contribution in [0, 0.1) is 0 Å². The van der Waals surface area contributed by atoms with Gasteiger partial charge in [0, 0.05) is 12.2 Å². The van der Waals surface area contributed by atoms with E-state index in [1.165, 1.54) is 22.9 Å². The lowest BCUT2D eigenvalue weighted by molar-refractivity contribution is -0.113. The summed E-state index contributed by atoms with van der Waals surface area (Å²) in [5.41, 5.74) is 3.32. The number of nitrogens with one attached hydrogen (secondary N) is 1. The summed E-state index contributed by atoms with van der Waals surface area (Å²) in [5, 5.41) is 12.3. The Bertz CT molecular complexity index is 1040.